The number of allylic oxidation sites excluding steroid dienone is 4. The van der Waals surface area contributed by atoms with Crippen LogP contribution in [0.5, 0.6) is 11.5 Å². The zero-order valence-electron chi connectivity index (χ0n) is 16.7. The minimum Gasteiger partial charge on any atom is -0.494 e. The van der Waals surface area contributed by atoms with Gasteiger partial charge in [-0.1, -0.05) is 6.07 Å². The molecule has 1 N–H and O–H groups in total. The summed E-state index contributed by atoms with van der Waals surface area (Å²) in [6, 6.07) is 6.00. The van der Waals surface area contributed by atoms with Crippen molar-refractivity contribution in [1.29, 1.82) is 0 Å². The Balaban J connectivity index is 1.73. The lowest BCUT2D eigenvalue weighted by molar-refractivity contribution is -0.118. The smallest absolute Gasteiger partial charge is 0.231 e. The molecule has 1 unspecified atom stereocenters. The van der Waals surface area contributed by atoms with Gasteiger partial charge in [-0.15, -0.1) is 11.8 Å². The molecule has 0 aromatic heterocycles. The highest BCUT2D eigenvalue weighted by molar-refractivity contribution is 8.01. The van der Waals surface area contributed by atoms with Crippen molar-refractivity contribution in [1.82, 2.24) is 5.32 Å². The van der Waals surface area contributed by atoms with E-state index in [0.717, 1.165) is 33.9 Å². The Labute approximate surface area is 174 Å². The van der Waals surface area contributed by atoms with Gasteiger partial charge in [0.15, 0.2) is 11.5 Å². The molecule has 29 heavy (non-hydrogen) atoms. The van der Waals surface area contributed by atoms with Gasteiger partial charge < -0.3 is 19.5 Å². The number of hydrogen-bond donors (Lipinski definition) is 1. The molecule has 1 amide bonds. The lowest BCUT2D eigenvalue weighted by atomic mass is 9.96. The molecule has 3 aliphatic rings. The second-order valence-electron chi connectivity index (χ2n) is 7.19. The first kappa shape index (κ1) is 19.6. The molecule has 1 aliphatic carbocycles. The molecule has 1 aromatic rings. The van der Waals surface area contributed by atoms with Gasteiger partial charge in [-0.05, 0) is 55.3 Å². The maximum Gasteiger partial charge on any atom is 0.231 e. The highest BCUT2D eigenvalue weighted by Crippen LogP contribution is 2.34. The molecular formula is C22H24N2O4S. The Morgan fingerprint density at radius 3 is 2.72 bits per heavy atom. The monoisotopic (exact) mass is 412 g/mol. The van der Waals surface area contributed by atoms with Crippen LogP contribution in [0.1, 0.15) is 19.4 Å². The molecule has 7 heteroatoms. The van der Waals surface area contributed by atoms with E-state index >= 15 is 0 Å². The van der Waals surface area contributed by atoms with Gasteiger partial charge in [0.25, 0.3) is 0 Å². The number of benzene rings is 1. The van der Waals surface area contributed by atoms with E-state index < -0.39 is 0 Å². The minimum absolute atomic E-state index is 0.0377. The Morgan fingerprint density at radius 1 is 1.24 bits per heavy atom. The maximum absolute atomic E-state index is 11.8. The largest absolute Gasteiger partial charge is 0.494 e. The lowest BCUT2D eigenvalue weighted by Crippen LogP contribution is -2.32. The average molecular weight is 413 g/mol. The fourth-order valence-electron chi connectivity index (χ4n) is 3.39. The van der Waals surface area contributed by atoms with Crippen LogP contribution < -0.4 is 14.8 Å². The highest BCUT2D eigenvalue weighted by atomic mass is 32.2. The van der Waals surface area contributed by atoms with Gasteiger partial charge in [-0.2, -0.15) is 0 Å². The van der Waals surface area contributed by atoms with E-state index in [0.29, 0.717) is 24.7 Å². The molecule has 1 atom stereocenters. The van der Waals surface area contributed by atoms with Crippen LogP contribution in [0.15, 0.2) is 52.2 Å². The van der Waals surface area contributed by atoms with Gasteiger partial charge in [0, 0.05) is 11.6 Å². The predicted octanol–water partition coefficient (Wildman–Crippen LogP) is 3.35. The minimum atomic E-state index is -0.137. The number of thioether (sulfide) groups is 1. The van der Waals surface area contributed by atoms with E-state index in [4.69, 9.17) is 19.2 Å². The van der Waals surface area contributed by atoms with Crippen molar-refractivity contribution in [2.45, 2.75) is 25.3 Å². The number of nitrogens with one attached hydrogen (secondary N) is 1. The second kappa shape index (κ2) is 8.37. The first-order valence-electron chi connectivity index (χ1n) is 9.61. The summed E-state index contributed by atoms with van der Waals surface area (Å²) >= 11 is 1.57. The van der Waals surface area contributed by atoms with Crippen LogP contribution in [0.2, 0.25) is 0 Å². The molecule has 6 nitrogen and oxygen atoms in total. The molecule has 2 heterocycles. The van der Waals surface area contributed by atoms with Crippen molar-refractivity contribution in [2.75, 3.05) is 26.1 Å². The second-order valence-corrected chi connectivity index (χ2v) is 8.28. The van der Waals surface area contributed by atoms with Gasteiger partial charge in [-0.25, -0.2) is 0 Å². The van der Waals surface area contributed by atoms with Gasteiger partial charge in [0.1, 0.15) is 30.1 Å². The summed E-state index contributed by atoms with van der Waals surface area (Å²) in [5.41, 5.74) is 3.72. The molecule has 1 aromatic carbocycles. The van der Waals surface area contributed by atoms with Crippen molar-refractivity contribution < 1.29 is 19.0 Å². The quantitative estimate of drug-likeness (QED) is 0.821. The van der Waals surface area contributed by atoms with E-state index in [1.165, 1.54) is 0 Å². The standard InChI is InChI=1S/C22H24N2O4S/c1-13(2)23-21-16(22-24-20(25)12-29-22)9-15(11-19(21)26-3)8-14-4-5-17-18(10-14)28-7-6-27-17/h4-5,8-11,13,22H,6-7,12H2,1-3H3,(H,24,25)/b15-8-,23-21?. The molecule has 0 radical (unpaired) electrons. The number of rotatable bonds is 4. The summed E-state index contributed by atoms with van der Waals surface area (Å²) in [7, 11) is 1.65. The van der Waals surface area contributed by atoms with Gasteiger partial charge in [0.05, 0.1) is 12.9 Å². The topological polar surface area (TPSA) is 69.2 Å². The molecule has 4 rings (SSSR count). The van der Waals surface area contributed by atoms with Crippen LogP contribution in [-0.2, 0) is 9.53 Å². The lowest BCUT2D eigenvalue weighted by Gasteiger charge is -2.23. The van der Waals surface area contributed by atoms with Crippen LogP contribution >= 0.6 is 11.8 Å². The van der Waals surface area contributed by atoms with Crippen molar-refractivity contribution in [3.8, 4) is 11.5 Å². The molecular weight excluding hydrogens is 388 g/mol. The number of nitrogens with zero attached hydrogens (tertiary/aromatic N) is 1. The maximum atomic E-state index is 11.8. The Kier molecular flexibility index (Phi) is 5.67. The molecule has 0 spiro atoms. The fraction of sp³-hybridized carbons (Fsp3) is 0.364. The summed E-state index contributed by atoms with van der Waals surface area (Å²) in [6.07, 6.45) is 6.11. The zero-order valence-corrected chi connectivity index (χ0v) is 17.5. The summed E-state index contributed by atoms with van der Waals surface area (Å²) in [5, 5.41) is 2.89. The number of hydrogen-bond acceptors (Lipinski definition) is 6. The van der Waals surface area contributed by atoms with Gasteiger partial charge in [-0.3, -0.25) is 9.79 Å². The van der Waals surface area contributed by atoms with Crippen molar-refractivity contribution >= 4 is 29.5 Å². The first-order chi connectivity index (χ1) is 14.0. The van der Waals surface area contributed by atoms with E-state index in [2.05, 4.69) is 17.5 Å². The summed E-state index contributed by atoms with van der Waals surface area (Å²) in [4.78, 5) is 16.6. The van der Waals surface area contributed by atoms with Gasteiger partial charge in [0.2, 0.25) is 5.91 Å². The Hall–Kier alpha value is -2.67. The van der Waals surface area contributed by atoms with Crippen LogP contribution in [-0.4, -0.2) is 49.1 Å². The molecule has 1 fully saturated rings. The SMILES string of the molecule is COC1=C/C(=C\c2ccc3c(c2)OCCO3)C=C(C2NC(=O)CS2)C1=NC(C)C. The zero-order chi connectivity index (χ0) is 20.4. The van der Waals surface area contributed by atoms with Gasteiger partial charge >= 0.3 is 0 Å². The van der Waals surface area contributed by atoms with Crippen LogP contribution in [0.25, 0.3) is 6.08 Å². The number of fused-ring (bicyclic) bond motifs is 1. The molecule has 0 bridgehead atoms. The van der Waals surface area contributed by atoms with Crippen molar-refractivity contribution in [3.05, 3.63) is 52.8 Å². The Bertz CT molecular complexity index is 946. The normalized spacial score (nSPS) is 23.9. The number of aliphatic imine (C=N–C) groups is 1. The van der Waals surface area contributed by atoms with E-state index in [9.17, 15) is 4.79 Å². The summed E-state index contributed by atoms with van der Waals surface area (Å²) in [6.45, 7) is 5.18. The summed E-state index contributed by atoms with van der Waals surface area (Å²) in [5.74, 6) is 2.70. The average Bonchev–Trinajstić information content (AvgIpc) is 3.14. The number of carbonyl (C=O) groups excluding carboxylic acids is 1. The van der Waals surface area contributed by atoms with E-state index in [1.54, 1.807) is 18.9 Å². The summed E-state index contributed by atoms with van der Waals surface area (Å²) < 4.78 is 17.0. The van der Waals surface area contributed by atoms with Crippen LogP contribution in [0, 0.1) is 0 Å². The van der Waals surface area contributed by atoms with E-state index in [-0.39, 0.29) is 17.3 Å². The van der Waals surface area contributed by atoms with Crippen LogP contribution in [0.3, 0.4) is 0 Å². The third-order valence-corrected chi connectivity index (χ3v) is 5.72. The Morgan fingerprint density at radius 2 is 2.03 bits per heavy atom. The predicted molar refractivity (Wildman–Crippen MR) is 116 cm³/mol. The molecule has 1 saturated heterocycles. The number of amides is 1. The van der Waals surface area contributed by atoms with Crippen LogP contribution in [0.4, 0.5) is 0 Å². The number of ether oxygens (including phenoxy) is 3. The van der Waals surface area contributed by atoms with E-state index in [1.807, 2.05) is 38.1 Å². The van der Waals surface area contributed by atoms with Crippen molar-refractivity contribution in [2.24, 2.45) is 4.99 Å². The van der Waals surface area contributed by atoms with Crippen molar-refractivity contribution in [3.63, 3.8) is 0 Å². The number of carbonyl (C=O) groups is 1. The highest BCUT2D eigenvalue weighted by Gasteiger charge is 2.31. The molecule has 2 aliphatic heterocycles. The molecule has 0 saturated carbocycles. The number of methoxy groups -OCH3 is 1. The third kappa shape index (κ3) is 4.34. The third-order valence-electron chi connectivity index (χ3n) is 4.59. The first-order valence-corrected chi connectivity index (χ1v) is 10.7. The fourth-order valence-corrected chi connectivity index (χ4v) is 4.36. The molecule has 152 valence electrons.